The van der Waals surface area contributed by atoms with Crippen LogP contribution in [0.1, 0.15) is 5.56 Å². The third-order valence-corrected chi connectivity index (χ3v) is 2.72. The third-order valence-electron chi connectivity index (χ3n) is 2.72. The van der Waals surface area contributed by atoms with E-state index in [0.29, 0.717) is 5.95 Å². The Labute approximate surface area is 106 Å². The Kier molecular flexibility index (Phi) is 3.69. The van der Waals surface area contributed by atoms with Crippen LogP contribution in [0, 0.1) is 6.92 Å². The van der Waals surface area contributed by atoms with E-state index in [2.05, 4.69) is 41.2 Å². The second kappa shape index (κ2) is 5.42. The van der Waals surface area contributed by atoms with Crippen molar-refractivity contribution >= 4 is 10.9 Å². The second-order valence-corrected chi connectivity index (χ2v) is 3.74. The molecular weight excluding hydrogens is 226 g/mol. The Hall–Kier alpha value is -2.20. The fourth-order valence-corrected chi connectivity index (χ4v) is 1.91. The summed E-state index contributed by atoms with van der Waals surface area (Å²) >= 11 is 0. The van der Waals surface area contributed by atoms with Crippen LogP contribution in [0.4, 0.5) is 0 Å². The Morgan fingerprint density at radius 1 is 1.00 bits per heavy atom. The second-order valence-electron chi connectivity index (χ2n) is 3.74. The molecule has 2 aromatic heterocycles. The van der Waals surface area contributed by atoms with E-state index in [9.17, 15) is 0 Å². The summed E-state index contributed by atoms with van der Waals surface area (Å²) in [6.07, 6.45) is 5.51. The molecule has 1 aromatic carbocycles. The molecule has 0 aliphatic heterocycles. The summed E-state index contributed by atoms with van der Waals surface area (Å²) in [5.41, 5.74) is 2.42. The van der Waals surface area contributed by atoms with E-state index in [-0.39, 0.29) is 0 Å². The van der Waals surface area contributed by atoms with E-state index in [1.807, 2.05) is 16.8 Å². The number of nitrogens with zero attached hydrogens (tertiary/aromatic N) is 3. The van der Waals surface area contributed by atoms with Crippen LogP contribution in [0.25, 0.3) is 16.9 Å². The zero-order chi connectivity index (χ0) is 13.0. The molecule has 3 aromatic rings. The molecule has 0 atom stereocenters. The standard InChI is InChI=1S/C13H11N3.CH4O/c1-10-4-2-5-12-11(10)6-9-16(12)13-14-7-3-8-15-13;1-2/h2-9H,1H3;2H,1H3. The Balaban J connectivity index is 0.000000574. The predicted octanol–water partition coefficient (Wildman–Crippen LogP) is 2.34. The SMILES string of the molecule is CO.Cc1cccc2c1ccn2-c1ncccn1. The van der Waals surface area contributed by atoms with Crippen molar-refractivity contribution in [2.45, 2.75) is 6.92 Å². The van der Waals surface area contributed by atoms with Gasteiger partial charge in [-0.3, -0.25) is 4.57 Å². The van der Waals surface area contributed by atoms with Crippen LogP contribution in [0.15, 0.2) is 48.9 Å². The maximum absolute atomic E-state index is 7.00. The lowest BCUT2D eigenvalue weighted by atomic mass is 10.1. The van der Waals surface area contributed by atoms with Crippen LogP contribution in [0.5, 0.6) is 0 Å². The molecular formula is C14H15N3O. The van der Waals surface area contributed by atoms with Crippen LogP contribution in [0.3, 0.4) is 0 Å². The van der Waals surface area contributed by atoms with E-state index in [4.69, 9.17) is 5.11 Å². The van der Waals surface area contributed by atoms with Crippen molar-refractivity contribution in [1.29, 1.82) is 0 Å². The summed E-state index contributed by atoms with van der Waals surface area (Å²) in [6, 6.07) is 10.2. The van der Waals surface area contributed by atoms with E-state index >= 15 is 0 Å². The topological polar surface area (TPSA) is 50.9 Å². The van der Waals surface area contributed by atoms with Gasteiger partial charge in [0.25, 0.3) is 0 Å². The van der Waals surface area contributed by atoms with Crippen molar-refractivity contribution in [2.75, 3.05) is 7.11 Å². The zero-order valence-corrected chi connectivity index (χ0v) is 10.4. The lowest BCUT2D eigenvalue weighted by Gasteiger charge is -2.02. The number of aliphatic hydroxyl groups is 1. The number of hydrogen-bond donors (Lipinski definition) is 1. The first-order valence-electron chi connectivity index (χ1n) is 5.65. The summed E-state index contributed by atoms with van der Waals surface area (Å²) in [5.74, 6) is 0.711. The van der Waals surface area contributed by atoms with Crippen molar-refractivity contribution in [3.05, 3.63) is 54.5 Å². The highest BCUT2D eigenvalue weighted by atomic mass is 16.2. The molecule has 4 nitrogen and oxygen atoms in total. The molecule has 92 valence electrons. The minimum absolute atomic E-state index is 0.711. The van der Waals surface area contributed by atoms with Crippen molar-refractivity contribution in [2.24, 2.45) is 0 Å². The molecule has 0 radical (unpaired) electrons. The highest BCUT2D eigenvalue weighted by Gasteiger charge is 2.05. The van der Waals surface area contributed by atoms with Gasteiger partial charge < -0.3 is 5.11 Å². The van der Waals surface area contributed by atoms with Gasteiger partial charge in [-0.2, -0.15) is 0 Å². The molecule has 0 aliphatic carbocycles. The molecule has 0 saturated carbocycles. The number of fused-ring (bicyclic) bond motifs is 1. The summed E-state index contributed by atoms with van der Waals surface area (Å²) in [6.45, 7) is 2.11. The minimum atomic E-state index is 0.711. The van der Waals surface area contributed by atoms with Crippen molar-refractivity contribution in [3.63, 3.8) is 0 Å². The first-order chi connectivity index (χ1) is 8.86. The van der Waals surface area contributed by atoms with Crippen LogP contribution in [-0.4, -0.2) is 26.8 Å². The molecule has 0 saturated heterocycles. The van der Waals surface area contributed by atoms with Gasteiger partial charge in [-0.25, -0.2) is 9.97 Å². The monoisotopic (exact) mass is 241 g/mol. The summed E-state index contributed by atoms with van der Waals surface area (Å²) in [7, 11) is 1.00. The average molecular weight is 241 g/mol. The fraction of sp³-hybridized carbons (Fsp3) is 0.143. The predicted molar refractivity (Wildman–Crippen MR) is 71.7 cm³/mol. The summed E-state index contributed by atoms with van der Waals surface area (Å²) < 4.78 is 2.00. The van der Waals surface area contributed by atoms with Gasteiger partial charge in [0.15, 0.2) is 0 Å². The molecule has 0 amide bonds. The number of aliphatic hydroxyl groups excluding tert-OH is 1. The number of hydrogen-bond acceptors (Lipinski definition) is 3. The Morgan fingerprint density at radius 3 is 2.44 bits per heavy atom. The maximum Gasteiger partial charge on any atom is 0.234 e. The van der Waals surface area contributed by atoms with Crippen molar-refractivity contribution in [1.82, 2.24) is 14.5 Å². The molecule has 1 N–H and O–H groups in total. The first-order valence-corrected chi connectivity index (χ1v) is 5.65. The summed E-state index contributed by atoms with van der Waals surface area (Å²) in [5, 5.41) is 8.25. The molecule has 0 fully saturated rings. The molecule has 0 aliphatic rings. The molecule has 0 unspecified atom stereocenters. The molecule has 18 heavy (non-hydrogen) atoms. The van der Waals surface area contributed by atoms with Crippen LogP contribution in [-0.2, 0) is 0 Å². The number of benzene rings is 1. The van der Waals surface area contributed by atoms with Gasteiger partial charge in [0.05, 0.1) is 5.52 Å². The lowest BCUT2D eigenvalue weighted by molar-refractivity contribution is 0.399. The zero-order valence-electron chi connectivity index (χ0n) is 10.4. The molecule has 2 heterocycles. The van der Waals surface area contributed by atoms with E-state index in [1.54, 1.807) is 12.4 Å². The normalized spacial score (nSPS) is 9.94. The molecule has 3 rings (SSSR count). The maximum atomic E-state index is 7.00. The van der Waals surface area contributed by atoms with Crippen LogP contribution < -0.4 is 0 Å². The minimum Gasteiger partial charge on any atom is -0.400 e. The van der Waals surface area contributed by atoms with Crippen molar-refractivity contribution in [3.8, 4) is 5.95 Å². The number of aryl methyl sites for hydroxylation is 1. The van der Waals surface area contributed by atoms with Gasteiger partial charge in [0.2, 0.25) is 5.95 Å². The first kappa shape index (κ1) is 12.3. The summed E-state index contributed by atoms with van der Waals surface area (Å²) in [4.78, 5) is 8.51. The van der Waals surface area contributed by atoms with Gasteiger partial charge in [-0.1, -0.05) is 12.1 Å². The number of aromatic nitrogens is 3. The van der Waals surface area contributed by atoms with Gasteiger partial charge in [-0.15, -0.1) is 0 Å². The highest BCUT2D eigenvalue weighted by molar-refractivity contribution is 5.84. The van der Waals surface area contributed by atoms with Crippen LogP contribution in [0.2, 0.25) is 0 Å². The van der Waals surface area contributed by atoms with Gasteiger partial charge >= 0.3 is 0 Å². The molecule has 0 spiro atoms. The Bertz CT molecular complexity index is 632. The highest BCUT2D eigenvalue weighted by Crippen LogP contribution is 2.21. The third kappa shape index (κ3) is 2.10. The quantitative estimate of drug-likeness (QED) is 0.711. The van der Waals surface area contributed by atoms with Gasteiger partial charge in [0.1, 0.15) is 0 Å². The average Bonchev–Trinajstić information content (AvgIpc) is 2.87. The van der Waals surface area contributed by atoms with E-state index < -0.39 is 0 Å². The molecule has 4 heteroatoms. The van der Waals surface area contributed by atoms with E-state index in [1.165, 1.54) is 10.9 Å². The largest absolute Gasteiger partial charge is 0.400 e. The fourth-order valence-electron chi connectivity index (χ4n) is 1.91. The molecule has 0 bridgehead atoms. The Morgan fingerprint density at radius 2 is 1.72 bits per heavy atom. The van der Waals surface area contributed by atoms with Crippen molar-refractivity contribution < 1.29 is 5.11 Å². The number of rotatable bonds is 1. The van der Waals surface area contributed by atoms with Gasteiger partial charge in [0, 0.05) is 31.1 Å². The van der Waals surface area contributed by atoms with Gasteiger partial charge in [-0.05, 0) is 30.7 Å². The lowest BCUT2D eigenvalue weighted by Crippen LogP contribution is -1.97. The van der Waals surface area contributed by atoms with E-state index in [0.717, 1.165) is 12.6 Å². The smallest absolute Gasteiger partial charge is 0.234 e. The van der Waals surface area contributed by atoms with Crippen LogP contribution >= 0.6 is 0 Å².